The van der Waals surface area contributed by atoms with Gasteiger partial charge in [-0.15, -0.1) is 0 Å². The van der Waals surface area contributed by atoms with Crippen molar-refractivity contribution in [1.82, 2.24) is 5.43 Å². The summed E-state index contributed by atoms with van der Waals surface area (Å²) in [5.74, 6) is 4.57. The molecule has 2 nitrogen and oxygen atoms in total. The highest BCUT2D eigenvalue weighted by Crippen LogP contribution is 2.50. The van der Waals surface area contributed by atoms with E-state index in [2.05, 4.69) is 12.3 Å². The van der Waals surface area contributed by atoms with Gasteiger partial charge in [0, 0.05) is 5.56 Å². The first-order chi connectivity index (χ1) is 8.64. The minimum Gasteiger partial charge on any atom is -0.271 e. The molecule has 1 unspecified atom stereocenters. The summed E-state index contributed by atoms with van der Waals surface area (Å²) in [7, 11) is 0. The number of halogens is 2. The molecule has 1 aliphatic rings. The minimum atomic E-state index is -0.516. The molecule has 0 bridgehead atoms. The third-order valence-corrected chi connectivity index (χ3v) is 4.37. The number of nitrogens with two attached hydrogens (primary N) is 1. The predicted octanol–water partition coefficient (Wildman–Crippen LogP) is 3.44. The molecule has 4 heteroatoms. The van der Waals surface area contributed by atoms with Gasteiger partial charge in [-0.3, -0.25) is 11.3 Å². The highest BCUT2D eigenvalue weighted by atomic mass is 19.1. The van der Waals surface area contributed by atoms with Crippen LogP contribution in [0.25, 0.3) is 0 Å². The molecule has 2 rings (SSSR count). The van der Waals surface area contributed by atoms with E-state index >= 15 is 0 Å². The Morgan fingerprint density at radius 1 is 1.28 bits per heavy atom. The fraction of sp³-hybridized carbons (Fsp3) is 0.571. The van der Waals surface area contributed by atoms with Gasteiger partial charge in [0.2, 0.25) is 0 Å². The molecule has 18 heavy (non-hydrogen) atoms. The van der Waals surface area contributed by atoms with Crippen molar-refractivity contribution in [3.63, 3.8) is 0 Å². The average Bonchev–Trinajstić information content (AvgIpc) is 2.84. The zero-order valence-corrected chi connectivity index (χ0v) is 10.7. The van der Waals surface area contributed by atoms with Crippen LogP contribution < -0.4 is 11.3 Å². The zero-order valence-electron chi connectivity index (χ0n) is 10.7. The number of nitrogens with one attached hydrogen (secondary N) is 1. The molecule has 1 aromatic rings. The molecule has 0 saturated heterocycles. The van der Waals surface area contributed by atoms with Crippen molar-refractivity contribution >= 4 is 0 Å². The van der Waals surface area contributed by atoms with Gasteiger partial charge in [-0.25, -0.2) is 8.78 Å². The fourth-order valence-corrected chi connectivity index (χ4v) is 3.28. The topological polar surface area (TPSA) is 38.0 Å². The molecule has 0 aliphatic heterocycles. The Morgan fingerprint density at radius 2 is 1.83 bits per heavy atom. The van der Waals surface area contributed by atoms with Crippen LogP contribution in [0.15, 0.2) is 18.2 Å². The number of hydrogen-bond acceptors (Lipinski definition) is 2. The Hall–Kier alpha value is -1.00. The standard InChI is InChI=1S/C14H20F2N2/c1-2-14(8-3-4-9-14)13(18-17)12-10(15)6-5-7-11(12)16/h5-7,13,18H,2-4,8-9,17H2,1H3. The second kappa shape index (κ2) is 5.33. The summed E-state index contributed by atoms with van der Waals surface area (Å²) in [6, 6.07) is 3.52. The predicted molar refractivity (Wildman–Crippen MR) is 67.6 cm³/mol. The van der Waals surface area contributed by atoms with Gasteiger partial charge in [0.15, 0.2) is 0 Å². The Bertz CT molecular complexity index is 394. The first kappa shape index (κ1) is 13.4. The molecule has 0 spiro atoms. The summed E-state index contributed by atoms with van der Waals surface area (Å²) < 4.78 is 27.8. The molecule has 1 fully saturated rings. The van der Waals surface area contributed by atoms with Crippen molar-refractivity contribution < 1.29 is 8.78 Å². The Labute approximate surface area is 107 Å². The van der Waals surface area contributed by atoms with E-state index in [4.69, 9.17) is 5.84 Å². The lowest BCUT2D eigenvalue weighted by Gasteiger charge is -2.37. The Kier molecular flexibility index (Phi) is 3.97. The summed E-state index contributed by atoms with van der Waals surface area (Å²) in [5, 5.41) is 0. The maximum atomic E-state index is 13.9. The molecule has 1 atom stereocenters. The number of hydrazine groups is 1. The second-order valence-electron chi connectivity index (χ2n) is 5.16. The SMILES string of the molecule is CCC1(C(NN)c2c(F)cccc2F)CCCC1. The molecule has 3 N–H and O–H groups in total. The lowest BCUT2D eigenvalue weighted by atomic mass is 9.73. The quantitative estimate of drug-likeness (QED) is 0.638. The molecule has 100 valence electrons. The third-order valence-electron chi connectivity index (χ3n) is 4.37. The summed E-state index contributed by atoms with van der Waals surface area (Å²) in [4.78, 5) is 0. The van der Waals surface area contributed by atoms with Crippen molar-refractivity contribution in [2.45, 2.75) is 45.1 Å². The molecular weight excluding hydrogens is 234 g/mol. The van der Waals surface area contributed by atoms with Gasteiger partial charge < -0.3 is 0 Å². The highest BCUT2D eigenvalue weighted by Gasteiger charge is 2.42. The van der Waals surface area contributed by atoms with Crippen LogP contribution in [0.5, 0.6) is 0 Å². The van der Waals surface area contributed by atoms with Gasteiger partial charge in [0.05, 0.1) is 6.04 Å². The fourth-order valence-electron chi connectivity index (χ4n) is 3.28. The summed E-state index contributed by atoms with van der Waals surface area (Å²) in [6.07, 6.45) is 5.00. The van der Waals surface area contributed by atoms with Crippen molar-refractivity contribution in [2.24, 2.45) is 11.3 Å². The largest absolute Gasteiger partial charge is 0.271 e. The van der Waals surface area contributed by atoms with Gasteiger partial charge in [0.1, 0.15) is 11.6 Å². The van der Waals surface area contributed by atoms with E-state index in [1.165, 1.54) is 18.2 Å². The minimum absolute atomic E-state index is 0.0868. The summed E-state index contributed by atoms with van der Waals surface area (Å²) >= 11 is 0. The van der Waals surface area contributed by atoms with E-state index in [0.29, 0.717) is 0 Å². The van der Waals surface area contributed by atoms with Crippen LogP contribution in [0, 0.1) is 17.0 Å². The first-order valence-corrected chi connectivity index (χ1v) is 6.54. The smallest absolute Gasteiger partial charge is 0.130 e. The van der Waals surface area contributed by atoms with Crippen LogP contribution in [0.2, 0.25) is 0 Å². The van der Waals surface area contributed by atoms with E-state index in [1.54, 1.807) is 0 Å². The zero-order chi connectivity index (χ0) is 13.2. The normalized spacial score (nSPS) is 20.0. The Morgan fingerprint density at radius 3 is 2.28 bits per heavy atom. The maximum Gasteiger partial charge on any atom is 0.130 e. The molecule has 0 aromatic heterocycles. The van der Waals surface area contributed by atoms with Crippen LogP contribution in [-0.2, 0) is 0 Å². The molecule has 1 aliphatic carbocycles. The van der Waals surface area contributed by atoms with Crippen LogP contribution in [0.3, 0.4) is 0 Å². The molecule has 0 radical (unpaired) electrons. The van der Waals surface area contributed by atoms with Crippen molar-refractivity contribution in [3.8, 4) is 0 Å². The van der Waals surface area contributed by atoms with E-state index in [1.807, 2.05) is 0 Å². The number of hydrogen-bond donors (Lipinski definition) is 2. The van der Waals surface area contributed by atoms with Gasteiger partial charge in [-0.05, 0) is 36.8 Å². The van der Waals surface area contributed by atoms with Gasteiger partial charge >= 0.3 is 0 Å². The molecule has 0 amide bonds. The van der Waals surface area contributed by atoms with Crippen LogP contribution in [-0.4, -0.2) is 0 Å². The van der Waals surface area contributed by atoms with Crippen LogP contribution in [0.4, 0.5) is 8.78 Å². The van der Waals surface area contributed by atoms with E-state index in [9.17, 15) is 8.78 Å². The van der Waals surface area contributed by atoms with E-state index < -0.39 is 17.7 Å². The van der Waals surface area contributed by atoms with Crippen molar-refractivity contribution in [1.29, 1.82) is 0 Å². The molecule has 1 aromatic carbocycles. The highest BCUT2D eigenvalue weighted by molar-refractivity contribution is 5.26. The van der Waals surface area contributed by atoms with E-state index in [-0.39, 0.29) is 11.0 Å². The van der Waals surface area contributed by atoms with Gasteiger partial charge in [-0.2, -0.15) is 0 Å². The lowest BCUT2D eigenvalue weighted by molar-refractivity contribution is 0.180. The monoisotopic (exact) mass is 254 g/mol. The van der Waals surface area contributed by atoms with Crippen molar-refractivity contribution in [2.75, 3.05) is 0 Å². The maximum absolute atomic E-state index is 13.9. The second-order valence-corrected chi connectivity index (χ2v) is 5.16. The van der Waals surface area contributed by atoms with Crippen LogP contribution in [0.1, 0.15) is 50.6 Å². The number of rotatable bonds is 4. The van der Waals surface area contributed by atoms with E-state index in [0.717, 1.165) is 32.1 Å². The lowest BCUT2D eigenvalue weighted by Crippen LogP contribution is -2.41. The summed E-state index contributed by atoms with van der Waals surface area (Å²) in [5.41, 5.74) is 2.61. The average molecular weight is 254 g/mol. The van der Waals surface area contributed by atoms with Crippen LogP contribution >= 0.6 is 0 Å². The van der Waals surface area contributed by atoms with Crippen molar-refractivity contribution in [3.05, 3.63) is 35.4 Å². The third kappa shape index (κ3) is 2.15. The Balaban J connectivity index is 2.44. The molecular formula is C14H20F2N2. The van der Waals surface area contributed by atoms with Gasteiger partial charge in [0.25, 0.3) is 0 Å². The number of benzene rings is 1. The molecule has 1 saturated carbocycles. The van der Waals surface area contributed by atoms with Gasteiger partial charge in [-0.1, -0.05) is 25.8 Å². The summed E-state index contributed by atoms with van der Waals surface area (Å²) in [6.45, 7) is 2.06. The molecule has 0 heterocycles. The first-order valence-electron chi connectivity index (χ1n) is 6.54.